The number of fused-ring (bicyclic) bond motifs is 8. The van der Waals surface area contributed by atoms with Crippen LogP contribution in [0.15, 0.2) is 127 Å². The molecule has 5 nitrogen and oxygen atoms in total. The van der Waals surface area contributed by atoms with Gasteiger partial charge in [-0.15, -0.1) is 0 Å². The molecule has 0 amide bonds. The molecule has 0 fully saturated rings. The molecule has 44 heavy (non-hydrogen) atoms. The van der Waals surface area contributed by atoms with Crippen LogP contribution >= 0.6 is 0 Å². The van der Waals surface area contributed by atoms with Crippen molar-refractivity contribution in [3.63, 3.8) is 0 Å². The number of hydrogen-bond donors (Lipinski definition) is 0. The van der Waals surface area contributed by atoms with Crippen LogP contribution in [0.5, 0.6) is 11.5 Å². The number of anilines is 1. The molecule has 4 aliphatic heterocycles. The second-order valence-corrected chi connectivity index (χ2v) is 12.5. The molecule has 208 valence electrons. The number of allylic oxidation sites excluding steroid dienone is 1. The minimum absolute atomic E-state index is 0.0358. The van der Waals surface area contributed by atoms with Crippen molar-refractivity contribution < 1.29 is 9.30 Å². The van der Waals surface area contributed by atoms with E-state index >= 15 is 0 Å². The van der Waals surface area contributed by atoms with Crippen molar-refractivity contribution in [3.8, 4) is 17.3 Å². The smallest absolute Gasteiger partial charge is 0.288 e. The molecule has 5 heteroatoms. The average Bonchev–Trinajstić information content (AvgIpc) is 3.66. The lowest BCUT2D eigenvalue weighted by Gasteiger charge is -2.43. The Bertz CT molecular complexity index is 2490. The van der Waals surface area contributed by atoms with Crippen molar-refractivity contribution in [2.45, 2.75) is 18.6 Å². The van der Waals surface area contributed by atoms with Gasteiger partial charge in [0.15, 0.2) is 11.7 Å². The molecule has 0 aliphatic carbocycles. The summed E-state index contributed by atoms with van der Waals surface area (Å²) < 4.78 is 11.8. The first kappa shape index (κ1) is 23.0. The standard InChI is InChI=1S/C39H27N4O/c1-23-36(26-18-17-24-10-3-4-11-25(24)22-26)40(2)38-39-34-30(42(23)38)14-9-15-31(34)44-32-20-19-28-27-12-5-6-13-29(27)43(37(28)35(32)39)33-16-7-8-21-41(33)39/h3-22,38H,1-2H3/q+1. The van der Waals surface area contributed by atoms with E-state index in [9.17, 15) is 0 Å². The molecule has 2 unspecified atom stereocenters. The molecule has 0 saturated heterocycles. The monoisotopic (exact) mass is 567 g/mol. The summed E-state index contributed by atoms with van der Waals surface area (Å²) in [5, 5.41) is 5.04. The van der Waals surface area contributed by atoms with E-state index in [-0.39, 0.29) is 6.17 Å². The van der Waals surface area contributed by atoms with Crippen LogP contribution in [0.2, 0.25) is 0 Å². The summed E-state index contributed by atoms with van der Waals surface area (Å²) in [6.07, 6.45) is 2.24. The second-order valence-electron chi connectivity index (χ2n) is 12.5. The maximum Gasteiger partial charge on any atom is 0.288 e. The second kappa shape index (κ2) is 7.50. The van der Waals surface area contributed by atoms with E-state index in [1.807, 2.05) is 0 Å². The number of likely N-dealkylation sites (N-methyl/N-ethyl adjacent to an activating group) is 1. The Morgan fingerprint density at radius 1 is 0.727 bits per heavy atom. The SMILES string of the molecule is CC1=C(c2ccc3ccccc3c2)N(C)C2N1c1cccc3c1C21c2c(ccc4c5ccccc5n(c24)-c2cccc[n+]21)O3. The van der Waals surface area contributed by atoms with Crippen LogP contribution in [-0.4, -0.2) is 22.7 Å². The van der Waals surface area contributed by atoms with E-state index in [1.54, 1.807) is 0 Å². The molecule has 2 aromatic heterocycles. The Balaban J connectivity index is 1.29. The van der Waals surface area contributed by atoms with Crippen LogP contribution in [0.4, 0.5) is 5.69 Å². The molecule has 1 spiro atoms. The Kier molecular flexibility index (Phi) is 3.92. The van der Waals surface area contributed by atoms with Crippen LogP contribution in [0.3, 0.4) is 0 Å². The topological polar surface area (TPSA) is 24.5 Å². The van der Waals surface area contributed by atoms with Gasteiger partial charge in [0.05, 0.1) is 28.7 Å². The van der Waals surface area contributed by atoms with Crippen molar-refractivity contribution in [1.82, 2.24) is 9.47 Å². The van der Waals surface area contributed by atoms with Gasteiger partial charge in [-0.25, -0.2) is 4.57 Å². The number of para-hydroxylation sites is 1. The molecular weight excluding hydrogens is 540 g/mol. The van der Waals surface area contributed by atoms with Crippen molar-refractivity contribution in [2.24, 2.45) is 0 Å². The fourth-order valence-electron chi connectivity index (χ4n) is 9.08. The van der Waals surface area contributed by atoms with Crippen molar-refractivity contribution in [3.05, 3.63) is 144 Å². The summed E-state index contributed by atoms with van der Waals surface area (Å²) in [5.41, 5.74) is 9.34. The Morgan fingerprint density at radius 2 is 1.55 bits per heavy atom. The van der Waals surface area contributed by atoms with Gasteiger partial charge in [-0.2, -0.15) is 4.57 Å². The summed E-state index contributed by atoms with van der Waals surface area (Å²) in [7, 11) is 2.28. The molecule has 0 radical (unpaired) electrons. The van der Waals surface area contributed by atoms with Crippen LogP contribution in [0.1, 0.15) is 23.6 Å². The lowest BCUT2D eigenvalue weighted by molar-refractivity contribution is -0.743. The maximum absolute atomic E-state index is 6.85. The highest BCUT2D eigenvalue weighted by Crippen LogP contribution is 2.64. The summed E-state index contributed by atoms with van der Waals surface area (Å²) >= 11 is 0. The third-order valence-electron chi connectivity index (χ3n) is 10.6. The lowest BCUT2D eigenvalue weighted by Crippen LogP contribution is -2.70. The van der Waals surface area contributed by atoms with Crippen LogP contribution < -0.4 is 14.2 Å². The first-order chi connectivity index (χ1) is 21.7. The summed E-state index contributed by atoms with van der Waals surface area (Å²) in [6.45, 7) is 2.28. The predicted molar refractivity (Wildman–Crippen MR) is 174 cm³/mol. The summed E-state index contributed by atoms with van der Waals surface area (Å²) in [5.74, 6) is 3.03. The zero-order chi connectivity index (χ0) is 28.9. The third kappa shape index (κ3) is 2.36. The zero-order valence-electron chi connectivity index (χ0n) is 24.3. The molecular formula is C39H27N4O+. The largest absolute Gasteiger partial charge is 0.456 e. The minimum Gasteiger partial charge on any atom is -0.456 e. The molecule has 0 bridgehead atoms. The Morgan fingerprint density at radius 3 is 2.48 bits per heavy atom. The van der Waals surface area contributed by atoms with E-state index < -0.39 is 5.54 Å². The average molecular weight is 568 g/mol. The number of pyridine rings is 1. The summed E-state index contributed by atoms with van der Waals surface area (Å²) in [6, 6.07) is 41.9. The maximum atomic E-state index is 6.85. The normalized spacial score (nSPS) is 20.4. The molecule has 7 aromatic rings. The van der Waals surface area contributed by atoms with Crippen LogP contribution in [0.25, 0.3) is 44.1 Å². The van der Waals surface area contributed by atoms with Gasteiger partial charge in [0.1, 0.15) is 17.0 Å². The van der Waals surface area contributed by atoms with Gasteiger partial charge in [0, 0.05) is 35.1 Å². The lowest BCUT2D eigenvalue weighted by atomic mass is 9.76. The van der Waals surface area contributed by atoms with Gasteiger partial charge < -0.3 is 14.5 Å². The highest BCUT2D eigenvalue weighted by Gasteiger charge is 2.68. The third-order valence-corrected chi connectivity index (χ3v) is 10.6. The molecule has 0 saturated carbocycles. The number of ether oxygens (including phenoxy) is 1. The molecule has 11 rings (SSSR count). The molecule has 5 aromatic carbocycles. The molecule has 2 atom stereocenters. The highest BCUT2D eigenvalue weighted by molar-refractivity contribution is 6.12. The van der Waals surface area contributed by atoms with E-state index in [0.29, 0.717) is 0 Å². The number of aromatic nitrogens is 2. The van der Waals surface area contributed by atoms with Crippen LogP contribution in [0, 0.1) is 0 Å². The van der Waals surface area contributed by atoms with Gasteiger partial charge in [0.25, 0.3) is 5.82 Å². The van der Waals surface area contributed by atoms with E-state index in [0.717, 1.165) is 17.3 Å². The zero-order valence-corrected chi connectivity index (χ0v) is 24.3. The van der Waals surface area contributed by atoms with Gasteiger partial charge in [0.2, 0.25) is 5.54 Å². The van der Waals surface area contributed by atoms with Crippen molar-refractivity contribution >= 4 is 44.0 Å². The molecule has 4 aliphatic rings. The first-order valence-corrected chi connectivity index (χ1v) is 15.3. The van der Waals surface area contributed by atoms with E-state index in [1.165, 1.54) is 66.4 Å². The van der Waals surface area contributed by atoms with E-state index in [2.05, 4.69) is 154 Å². The first-order valence-electron chi connectivity index (χ1n) is 15.3. The minimum atomic E-state index is -0.547. The number of rotatable bonds is 1. The van der Waals surface area contributed by atoms with Gasteiger partial charge in [-0.3, -0.25) is 0 Å². The summed E-state index contributed by atoms with van der Waals surface area (Å²) in [4.78, 5) is 5.10. The fraction of sp³-hybridized carbons (Fsp3) is 0.103. The number of nitrogens with zero attached hydrogens (tertiary/aromatic N) is 4. The quantitative estimate of drug-likeness (QED) is 0.189. The highest BCUT2D eigenvalue weighted by atomic mass is 16.5. The fourth-order valence-corrected chi connectivity index (χ4v) is 9.08. The number of hydrogen-bond acceptors (Lipinski definition) is 3. The molecule has 6 heterocycles. The van der Waals surface area contributed by atoms with Gasteiger partial charge in [-0.05, 0) is 66.2 Å². The predicted octanol–water partition coefficient (Wildman–Crippen LogP) is 7.92. The molecule has 0 N–H and O–H groups in total. The number of benzene rings is 5. The van der Waals surface area contributed by atoms with E-state index in [4.69, 9.17) is 4.74 Å². The van der Waals surface area contributed by atoms with Crippen molar-refractivity contribution in [1.29, 1.82) is 0 Å². The van der Waals surface area contributed by atoms with Gasteiger partial charge >= 0.3 is 0 Å². The Labute approximate surface area is 254 Å². The van der Waals surface area contributed by atoms with Crippen molar-refractivity contribution in [2.75, 3.05) is 11.9 Å². The Hall–Kier alpha value is -5.55. The van der Waals surface area contributed by atoms with Crippen LogP contribution in [-0.2, 0) is 5.54 Å². The van der Waals surface area contributed by atoms with Gasteiger partial charge in [-0.1, -0.05) is 60.7 Å².